The largest absolute Gasteiger partial charge is 0.311 e. The summed E-state index contributed by atoms with van der Waals surface area (Å²) in [6.45, 7) is 8.25. The van der Waals surface area contributed by atoms with E-state index in [2.05, 4.69) is 60.1 Å². The lowest BCUT2D eigenvalue weighted by atomic mass is 10.0. The van der Waals surface area contributed by atoms with Crippen molar-refractivity contribution in [3.05, 3.63) is 29.8 Å². The van der Waals surface area contributed by atoms with Crippen LogP contribution in [0.1, 0.15) is 32.3 Å². The van der Waals surface area contributed by atoms with Gasteiger partial charge in [-0.3, -0.25) is 4.90 Å². The molecule has 1 fully saturated rings. The van der Waals surface area contributed by atoms with Crippen molar-refractivity contribution in [2.75, 3.05) is 19.6 Å². The van der Waals surface area contributed by atoms with Crippen molar-refractivity contribution in [1.82, 2.24) is 10.2 Å². The second-order valence-electron chi connectivity index (χ2n) is 6.08. The molecule has 0 saturated carbocycles. The third kappa shape index (κ3) is 3.05. The van der Waals surface area contributed by atoms with Crippen molar-refractivity contribution in [2.24, 2.45) is 0 Å². The van der Waals surface area contributed by atoms with Crippen molar-refractivity contribution < 1.29 is 0 Å². The maximum atomic E-state index is 3.69. The van der Waals surface area contributed by atoms with Crippen molar-refractivity contribution >= 4 is 11.8 Å². The topological polar surface area (TPSA) is 15.3 Å². The molecule has 0 radical (unpaired) electrons. The molecule has 2 heterocycles. The van der Waals surface area contributed by atoms with Gasteiger partial charge >= 0.3 is 0 Å². The van der Waals surface area contributed by atoms with Gasteiger partial charge in [0.1, 0.15) is 0 Å². The summed E-state index contributed by atoms with van der Waals surface area (Å²) >= 11 is 2.09. The van der Waals surface area contributed by atoms with Crippen molar-refractivity contribution in [3.63, 3.8) is 0 Å². The minimum absolute atomic E-state index is 0.687. The Morgan fingerprint density at radius 3 is 2.85 bits per heavy atom. The number of hydrogen-bond acceptors (Lipinski definition) is 3. The molecule has 1 aromatic carbocycles. The van der Waals surface area contributed by atoms with Gasteiger partial charge in [0.25, 0.3) is 0 Å². The van der Waals surface area contributed by atoms with Gasteiger partial charge in [0, 0.05) is 41.9 Å². The minimum Gasteiger partial charge on any atom is -0.311 e. The Balaban J connectivity index is 1.62. The summed E-state index contributed by atoms with van der Waals surface area (Å²) in [5.74, 6) is 0. The number of piperazine rings is 1. The lowest BCUT2D eigenvalue weighted by Crippen LogP contribution is -2.57. The molecule has 1 saturated heterocycles. The molecule has 2 nitrogen and oxygen atoms in total. The molecule has 1 aromatic rings. The Kier molecular flexibility index (Phi) is 4.69. The SMILES string of the molecule is CCC1CN(CC2Cc3ccccc3S2)C(CC)CN1. The first-order valence-corrected chi connectivity index (χ1v) is 8.90. The quantitative estimate of drug-likeness (QED) is 0.917. The van der Waals surface area contributed by atoms with E-state index >= 15 is 0 Å². The van der Waals surface area contributed by atoms with Crippen LogP contribution in [0.3, 0.4) is 0 Å². The normalized spacial score (nSPS) is 30.4. The third-order valence-corrected chi connectivity index (χ3v) is 6.03. The minimum atomic E-state index is 0.687. The van der Waals surface area contributed by atoms with Crippen LogP contribution in [0.4, 0.5) is 0 Å². The molecule has 2 aliphatic heterocycles. The highest BCUT2D eigenvalue weighted by Crippen LogP contribution is 2.37. The average molecular weight is 290 g/mol. The predicted molar refractivity (Wildman–Crippen MR) is 87.5 cm³/mol. The summed E-state index contributed by atoms with van der Waals surface area (Å²) in [5.41, 5.74) is 1.55. The van der Waals surface area contributed by atoms with Crippen LogP contribution in [0, 0.1) is 0 Å². The first-order chi connectivity index (χ1) is 9.80. The number of thioether (sulfide) groups is 1. The molecule has 3 heteroatoms. The Labute approximate surface area is 127 Å². The van der Waals surface area contributed by atoms with Crippen LogP contribution < -0.4 is 5.32 Å². The molecule has 3 atom stereocenters. The highest BCUT2D eigenvalue weighted by molar-refractivity contribution is 8.00. The first-order valence-electron chi connectivity index (χ1n) is 8.02. The zero-order chi connectivity index (χ0) is 13.9. The molecule has 0 amide bonds. The van der Waals surface area contributed by atoms with E-state index in [1.165, 1.54) is 43.8 Å². The standard InChI is InChI=1S/C17H26N2S/c1-3-14-11-19(15(4-2)10-18-14)12-16-9-13-7-5-6-8-17(13)20-16/h5-8,14-16,18H,3-4,9-12H2,1-2H3. The fraction of sp³-hybridized carbons (Fsp3) is 0.647. The number of nitrogens with one attached hydrogen (secondary N) is 1. The molecule has 3 unspecified atom stereocenters. The van der Waals surface area contributed by atoms with E-state index in [1.807, 2.05) is 0 Å². The van der Waals surface area contributed by atoms with E-state index in [9.17, 15) is 0 Å². The Morgan fingerprint density at radius 1 is 1.25 bits per heavy atom. The van der Waals surface area contributed by atoms with Crippen LogP contribution in [-0.2, 0) is 6.42 Å². The monoisotopic (exact) mass is 290 g/mol. The second kappa shape index (κ2) is 6.50. The molecule has 110 valence electrons. The third-order valence-electron chi connectivity index (χ3n) is 4.73. The van der Waals surface area contributed by atoms with Crippen molar-refractivity contribution in [2.45, 2.75) is 55.3 Å². The van der Waals surface area contributed by atoms with Gasteiger partial charge in [-0.2, -0.15) is 0 Å². The van der Waals surface area contributed by atoms with Crippen LogP contribution in [0.15, 0.2) is 29.2 Å². The summed E-state index contributed by atoms with van der Waals surface area (Å²) in [6, 6.07) is 10.3. The molecule has 1 N–H and O–H groups in total. The van der Waals surface area contributed by atoms with E-state index in [0.717, 1.165) is 11.3 Å². The van der Waals surface area contributed by atoms with Crippen molar-refractivity contribution in [3.8, 4) is 0 Å². The molecule has 20 heavy (non-hydrogen) atoms. The second-order valence-corrected chi connectivity index (χ2v) is 7.42. The number of benzene rings is 1. The molecular weight excluding hydrogens is 264 g/mol. The van der Waals surface area contributed by atoms with E-state index in [0.29, 0.717) is 6.04 Å². The summed E-state index contributed by atoms with van der Waals surface area (Å²) in [7, 11) is 0. The molecule has 0 aliphatic carbocycles. The molecular formula is C17H26N2S. The summed E-state index contributed by atoms with van der Waals surface area (Å²) < 4.78 is 0. The summed E-state index contributed by atoms with van der Waals surface area (Å²) in [4.78, 5) is 4.25. The smallest absolute Gasteiger partial charge is 0.0263 e. The van der Waals surface area contributed by atoms with Gasteiger partial charge in [0.05, 0.1) is 0 Å². The van der Waals surface area contributed by atoms with Gasteiger partial charge in [-0.25, -0.2) is 0 Å². The van der Waals surface area contributed by atoms with Crippen LogP contribution in [0.5, 0.6) is 0 Å². The Morgan fingerprint density at radius 2 is 2.10 bits per heavy atom. The lowest BCUT2D eigenvalue weighted by Gasteiger charge is -2.41. The van der Waals surface area contributed by atoms with Crippen LogP contribution in [0.2, 0.25) is 0 Å². The molecule has 0 bridgehead atoms. The number of hydrogen-bond donors (Lipinski definition) is 1. The van der Waals surface area contributed by atoms with Crippen LogP contribution in [-0.4, -0.2) is 41.9 Å². The Bertz CT molecular complexity index is 423. The van der Waals surface area contributed by atoms with Crippen LogP contribution >= 0.6 is 11.8 Å². The van der Waals surface area contributed by atoms with Gasteiger partial charge in [-0.15, -0.1) is 11.8 Å². The zero-order valence-corrected chi connectivity index (χ0v) is 13.5. The predicted octanol–water partition coefficient (Wildman–Crippen LogP) is 3.17. The van der Waals surface area contributed by atoms with E-state index < -0.39 is 0 Å². The zero-order valence-electron chi connectivity index (χ0n) is 12.6. The van der Waals surface area contributed by atoms with Crippen LogP contribution in [0.25, 0.3) is 0 Å². The number of rotatable bonds is 4. The highest BCUT2D eigenvalue weighted by atomic mass is 32.2. The molecule has 2 aliphatic rings. The fourth-order valence-corrected chi connectivity index (χ4v) is 4.79. The van der Waals surface area contributed by atoms with E-state index in [4.69, 9.17) is 0 Å². The summed E-state index contributed by atoms with van der Waals surface area (Å²) in [6.07, 6.45) is 3.75. The van der Waals surface area contributed by atoms with Gasteiger partial charge in [-0.1, -0.05) is 32.0 Å². The molecule has 0 spiro atoms. The average Bonchev–Trinajstić information content (AvgIpc) is 2.89. The maximum absolute atomic E-state index is 3.69. The van der Waals surface area contributed by atoms with Gasteiger partial charge in [0.2, 0.25) is 0 Å². The fourth-order valence-electron chi connectivity index (χ4n) is 3.45. The number of nitrogens with zero attached hydrogens (tertiary/aromatic N) is 1. The van der Waals surface area contributed by atoms with E-state index in [1.54, 1.807) is 5.56 Å². The highest BCUT2D eigenvalue weighted by Gasteiger charge is 2.30. The number of fused-ring (bicyclic) bond motifs is 1. The molecule has 0 aromatic heterocycles. The van der Waals surface area contributed by atoms with Gasteiger partial charge in [-0.05, 0) is 30.9 Å². The lowest BCUT2D eigenvalue weighted by molar-refractivity contribution is 0.126. The van der Waals surface area contributed by atoms with E-state index in [-0.39, 0.29) is 0 Å². The maximum Gasteiger partial charge on any atom is 0.0263 e. The first kappa shape index (κ1) is 14.4. The molecule has 3 rings (SSSR count). The Hall–Kier alpha value is -0.510. The van der Waals surface area contributed by atoms with Gasteiger partial charge < -0.3 is 5.32 Å². The van der Waals surface area contributed by atoms with Crippen molar-refractivity contribution in [1.29, 1.82) is 0 Å². The van der Waals surface area contributed by atoms with Gasteiger partial charge in [0.15, 0.2) is 0 Å². The summed E-state index contributed by atoms with van der Waals surface area (Å²) in [5, 5.41) is 4.44.